The molecule has 182 valence electrons. The van der Waals surface area contributed by atoms with Crippen LogP contribution >= 0.6 is 23.1 Å². The van der Waals surface area contributed by atoms with Crippen molar-refractivity contribution in [1.82, 2.24) is 4.98 Å². The Kier molecular flexibility index (Phi) is 8.62. The normalized spacial score (nSPS) is 12.4. The average Bonchev–Trinajstić information content (AvgIpc) is 3.22. The van der Waals surface area contributed by atoms with Gasteiger partial charge in [0.2, 0.25) is 0 Å². The lowest BCUT2D eigenvalue weighted by Gasteiger charge is -2.15. The summed E-state index contributed by atoms with van der Waals surface area (Å²) in [6.45, 7) is 5.28. The van der Waals surface area contributed by atoms with Gasteiger partial charge in [-0.3, -0.25) is 0 Å². The first-order chi connectivity index (χ1) is 16.1. The van der Waals surface area contributed by atoms with E-state index in [9.17, 15) is 23.1 Å². The molecule has 0 aliphatic carbocycles. The number of carbonyl (C=O) groups excluding carboxylic acids is 1. The molecule has 0 aliphatic heterocycles. The maximum Gasteiger partial charge on any atom is 0.416 e. The highest BCUT2D eigenvalue weighted by Gasteiger charge is 2.30. The molecule has 0 radical (unpaired) electrons. The van der Waals surface area contributed by atoms with E-state index in [-0.39, 0.29) is 13.2 Å². The van der Waals surface area contributed by atoms with Crippen molar-refractivity contribution in [1.29, 1.82) is 0 Å². The summed E-state index contributed by atoms with van der Waals surface area (Å²) in [5, 5.41) is 10.3. The zero-order valence-corrected chi connectivity index (χ0v) is 20.4. The lowest BCUT2D eigenvalue weighted by Crippen LogP contribution is -2.26. The van der Waals surface area contributed by atoms with Crippen LogP contribution < -0.4 is 4.74 Å². The van der Waals surface area contributed by atoms with Gasteiger partial charge in [-0.1, -0.05) is 12.1 Å². The number of benzene rings is 2. The Balaban J connectivity index is 1.69. The third-order valence-electron chi connectivity index (χ3n) is 4.83. The summed E-state index contributed by atoms with van der Waals surface area (Å²) < 4.78 is 49.1. The Morgan fingerprint density at radius 1 is 1.21 bits per heavy atom. The molecule has 1 aromatic heterocycles. The number of aromatic nitrogens is 1. The molecule has 34 heavy (non-hydrogen) atoms. The number of aliphatic hydroxyl groups is 1. The van der Waals surface area contributed by atoms with Crippen molar-refractivity contribution in [2.45, 2.75) is 50.3 Å². The fourth-order valence-corrected chi connectivity index (χ4v) is 5.21. The largest absolute Gasteiger partial charge is 0.479 e. The van der Waals surface area contributed by atoms with Gasteiger partial charge in [0.05, 0.1) is 24.5 Å². The molecule has 0 fully saturated rings. The van der Waals surface area contributed by atoms with Crippen molar-refractivity contribution < 1.29 is 32.5 Å². The van der Waals surface area contributed by atoms with Crippen molar-refractivity contribution in [3.05, 3.63) is 64.2 Å². The van der Waals surface area contributed by atoms with E-state index in [2.05, 4.69) is 4.98 Å². The number of thioether (sulfide) groups is 1. The second-order valence-corrected chi connectivity index (χ2v) is 9.48. The minimum absolute atomic E-state index is 0.259. The lowest BCUT2D eigenvalue weighted by atomic mass is 10.1. The number of thiazole rings is 1. The van der Waals surface area contributed by atoms with Gasteiger partial charge in [-0.2, -0.15) is 13.2 Å². The second-order valence-electron chi connectivity index (χ2n) is 7.35. The van der Waals surface area contributed by atoms with Gasteiger partial charge in [0.25, 0.3) is 0 Å². The van der Waals surface area contributed by atoms with Gasteiger partial charge in [0.1, 0.15) is 10.8 Å². The predicted octanol–water partition coefficient (Wildman–Crippen LogP) is 6.25. The van der Waals surface area contributed by atoms with Crippen LogP contribution in [0.3, 0.4) is 0 Å². The molecule has 3 rings (SSSR count). The molecule has 2 aromatic carbocycles. The lowest BCUT2D eigenvalue weighted by molar-refractivity contribution is -0.150. The van der Waals surface area contributed by atoms with Crippen molar-refractivity contribution in [3.63, 3.8) is 0 Å². The smallest absolute Gasteiger partial charge is 0.416 e. The molecule has 0 aliphatic rings. The maximum atomic E-state index is 12.8. The van der Waals surface area contributed by atoms with Crippen molar-refractivity contribution in [3.8, 4) is 16.3 Å². The van der Waals surface area contributed by atoms with Gasteiger partial charge in [-0.15, -0.1) is 23.1 Å². The van der Waals surface area contributed by atoms with E-state index in [0.29, 0.717) is 27.8 Å². The molecule has 0 spiro atoms. The molecule has 3 aromatic rings. The van der Waals surface area contributed by atoms with Gasteiger partial charge in [0.15, 0.2) is 6.10 Å². The molecular formula is C24H24F3NO4S2. The monoisotopic (exact) mass is 511 g/mol. The van der Waals surface area contributed by atoms with Crippen LogP contribution in [-0.4, -0.2) is 28.8 Å². The van der Waals surface area contributed by atoms with Crippen molar-refractivity contribution >= 4 is 29.1 Å². The van der Waals surface area contributed by atoms with Gasteiger partial charge < -0.3 is 14.6 Å². The first-order valence-electron chi connectivity index (χ1n) is 10.5. The first kappa shape index (κ1) is 26.1. The molecule has 0 amide bonds. The van der Waals surface area contributed by atoms with Gasteiger partial charge in [-0.25, -0.2) is 9.78 Å². The van der Waals surface area contributed by atoms with Crippen LogP contribution in [0.4, 0.5) is 13.2 Å². The number of hydrogen-bond donors (Lipinski definition) is 1. The summed E-state index contributed by atoms with van der Waals surface area (Å²) in [7, 11) is 0. The number of esters is 1. The van der Waals surface area contributed by atoms with Crippen LogP contribution in [0.1, 0.15) is 35.5 Å². The van der Waals surface area contributed by atoms with Gasteiger partial charge in [0, 0.05) is 21.1 Å². The number of carbonyl (C=O) groups is 1. The highest BCUT2D eigenvalue weighted by molar-refractivity contribution is 7.98. The predicted molar refractivity (Wildman–Crippen MR) is 126 cm³/mol. The van der Waals surface area contributed by atoms with E-state index in [4.69, 9.17) is 9.47 Å². The quantitative estimate of drug-likeness (QED) is 0.270. The molecule has 1 N–H and O–H groups in total. The number of nitrogens with zero attached hydrogens (tertiary/aromatic N) is 1. The zero-order valence-electron chi connectivity index (χ0n) is 18.8. The molecule has 1 atom stereocenters. The SMILES string of the molecule is CCOC(=O)C(C)Oc1ccc(SCc2sc(-c3ccc(C(F)(F)F)cc3)nc2CO)cc1C. The van der Waals surface area contributed by atoms with Gasteiger partial charge >= 0.3 is 12.1 Å². The summed E-state index contributed by atoms with van der Waals surface area (Å²) in [6.07, 6.45) is -5.11. The molecule has 5 nitrogen and oxygen atoms in total. The molecule has 1 unspecified atom stereocenters. The highest BCUT2D eigenvalue weighted by Crippen LogP contribution is 2.36. The first-order valence-corrected chi connectivity index (χ1v) is 12.3. The standard InChI is InChI=1S/C24H24F3NO4S2/c1-4-31-23(30)15(3)32-20-10-9-18(11-14(20)2)33-13-21-19(12-29)28-22(34-21)16-5-7-17(8-6-16)24(25,26)27/h5-11,15,29H,4,12-13H2,1-3H3. The van der Waals surface area contributed by atoms with Crippen LogP contribution in [0.2, 0.25) is 0 Å². The number of alkyl halides is 3. The number of halogens is 3. The number of ether oxygens (including phenoxy) is 2. The number of rotatable bonds is 9. The van der Waals surface area contributed by atoms with Crippen LogP contribution in [-0.2, 0) is 28.1 Å². The van der Waals surface area contributed by atoms with Crippen molar-refractivity contribution in [2.24, 2.45) is 0 Å². The Labute approximate surface area is 203 Å². The number of aliphatic hydroxyl groups excluding tert-OH is 1. The maximum absolute atomic E-state index is 12.8. The molecule has 0 saturated heterocycles. The highest BCUT2D eigenvalue weighted by atomic mass is 32.2. The van der Waals surface area contributed by atoms with Gasteiger partial charge in [-0.05, 0) is 56.7 Å². The van der Waals surface area contributed by atoms with Crippen molar-refractivity contribution in [2.75, 3.05) is 6.61 Å². The molecule has 1 heterocycles. The molecule has 0 saturated carbocycles. The average molecular weight is 512 g/mol. The molecular weight excluding hydrogens is 487 g/mol. The zero-order chi connectivity index (χ0) is 24.9. The molecule has 0 bridgehead atoms. The van der Waals surface area contributed by atoms with E-state index in [1.807, 2.05) is 19.1 Å². The molecule has 10 heteroatoms. The summed E-state index contributed by atoms with van der Waals surface area (Å²) in [5.74, 6) is 0.696. The fraction of sp³-hybridized carbons (Fsp3) is 0.333. The number of hydrogen-bond acceptors (Lipinski definition) is 7. The number of aryl methyl sites for hydroxylation is 1. The van der Waals surface area contributed by atoms with E-state index in [1.54, 1.807) is 19.9 Å². The van der Waals surface area contributed by atoms with Crippen LogP contribution in [0.15, 0.2) is 47.4 Å². The van der Waals surface area contributed by atoms with Crippen LogP contribution in [0, 0.1) is 6.92 Å². The van der Waals surface area contributed by atoms with E-state index in [0.717, 1.165) is 27.5 Å². The van der Waals surface area contributed by atoms with E-state index >= 15 is 0 Å². The van der Waals surface area contributed by atoms with Crippen LogP contribution in [0.5, 0.6) is 5.75 Å². The topological polar surface area (TPSA) is 68.7 Å². The Bertz CT molecular complexity index is 1130. The summed E-state index contributed by atoms with van der Waals surface area (Å²) >= 11 is 2.88. The third kappa shape index (κ3) is 6.52. The van der Waals surface area contributed by atoms with E-state index in [1.165, 1.54) is 35.2 Å². The summed E-state index contributed by atoms with van der Waals surface area (Å²) in [5.41, 5.74) is 1.22. The summed E-state index contributed by atoms with van der Waals surface area (Å²) in [4.78, 5) is 18.0. The van der Waals surface area contributed by atoms with Crippen LogP contribution in [0.25, 0.3) is 10.6 Å². The Morgan fingerprint density at radius 2 is 1.91 bits per heavy atom. The Hall–Kier alpha value is -2.56. The fourth-order valence-electron chi connectivity index (χ4n) is 3.04. The minimum Gasteiger partial charge on any atom is -0.479 e. The third-order valence-corrected chi connectivity index (χ3v) is 7.18. The Morgan fingerprint density at radius 3 is 2.50 bits per heavy atom. The summed E-state index contributed by atoms with van der Waals surface area (Å²) in [6, 6.07) is 10.4. The van der Waals surface area contributed by atoms with E-state index < -0.39 is 23.8 Å². The minimum atomic E-state index is -4.39. The second kappa shape index (κ2) is 11.2.